The van der Waals surface area contributed by atoms with Crippen LogP contribution in [0, 0.1) is 5.92 Å². The van der Waals surface area contributed by atoms with Gasteiger partial charge in [-0.3, -0.25) is 0 Å². The Kier molecular flexibility index (Phi) is 4.95. The van der Waals surface area contributed by atoms with Crippen LogP contribution in [0.2, 0.25) is 0 Å². The van der Waals surface area contributed by atoms with E-state index in [4.69, 9.17) is 0 Å². The zero-order valence-corrected chi connectivity index (χ0v) is 12.5. The molecule has 1 fully saturated rings. The van der Waals surface area contributed by atoms with Crippen molar-refractivity contribution in [1.29, 1.82) is 0 Å². The minimum atomic E-state index is 0.565. The van der Waals surface area contributed by atoms with Crippen molar-refractivity contribution in [1.82, 2.24) is 15.1 Å². The summed E-state index contributed by atoms with van der Waals surface area (Å²) < 4.78 is 0. The summed E-state index contributed by atoms with van der Waals surface area (Å²) in [5.41, 5.74) is 0. The lowest BCUT2D eigenvalue weighted by atomic mass is 10.1. The standard InChI is InChI=1S/C13H24N4S/c1-10(2)9-12-15-16-13(18-12)14-11-5-4-7-17(3)8-6-11/h10-11H,4-9H2,1-3H3,(H,14,16). The number of aromatic nitrogens is 2. The van der Waals surface area contributed by atoms with Crippen LogP contribution >= 0.6 is 11.3 Å². The highest BCUT2D eigenvalue weighted by molar-refractivity contribution is 7.15. The molecule has 1 N–H and O–H groups in total. The molecule has 0 spiro atoms. The van der Waals surface area contributed by atoms with Gasteiger partial charge < -0.3 is 10.2 Å². The molecule has 1 aromatic heterocycles. The Morgan fingerprint density at radius 2 is 2.17 bits per heavy atom. The Morgan fingerprint density at radius 3 is 2.94 bits per heavy atom. The van der Waals surface area contributed by atoms with Gasteiger partial charge in [-0.2, -0.15) is 0 Å². The first-order valence-electron chi connectivity index (χ1n) is 6.91. The number of likely N-dealkylation sites (tertiary alicyclic amines) is 1. The highest BCUT2D eigenvalue weighted by Crippen LogP contribution is 2.21. The van der Waals surface area contributed by atoms with Gasteiger partial charge in [0.25, 0.3) is 0 Å². The largest absolute Gasteiger partial charge is 0.357 e. The average Bonchev–Trinajstić information content (AvgIpc) is 2.61. The average molecular weight is 268 g/mol. The molecule has 1 unspecified atom stereocenters. The Morgan fingerprint density at radius 1 is 1.33 bits per heavy atom. The topological polar surface area (TPSA) is 41.1 Å². The summed E-state index contributed by atoms with van der Waals surface area (Å²) in [6, 6.07) is 0.565. The van der Waals surface area contributed by atoms with Crippen LogP contribution in [0.15, 0.2) is 0 Å². The molecule has 0 bridgehead atoms. The Bertz CT molecular complexity index is 364. The maximum atomic E-state index is 4.26. The summed E-state index contributed by atoms with van der Waals surface area (Å²) in [4.78, 5) is 2.41. The lowest BCUT2D eigenvalue weighted by molar-refractivity contribution is 0.348. The van der Waals surface area contributed by atoms with Gasteiger partial charge in [0.15, 0.2) is 0 Å². The molecule has 1 saturated heterocycles. The van der Waals surface area contributed by atoms with Crippen molar-refractivity contribution in [3.05, 3.63) is 5.01 Å². The summed E-state index contributed by atoms with van der Waals surface area (Å²) in [6.45, 7) is 6.83. The third kappa shape index (κ3) is 4.21. The van der Waals surface area contributed by atoms with Gasteiger partial charge in [0, 0.05) is 12.5 Å². The zero-order chi connectivity index (χ0) is 13.0. The summed E-state index contributed by atoms with van der Waals surface area (Å²) in [5.74, 6) is 0.650. The molecule has 2 heterocycles. The maximum Gasteiger partial charge on any atom is 0.205 e. The third-order valence-corrected chi connectivity index (χ3v) is 4.21. The van der Waals surface area contributed by atoms with E-state index >= 15 is 0 Å². The molecule has 0 aliphatic carbocycles. The Labute approximate surface area is 114 Å². The van der Waals surface area contributed by atoms with Gasteiger partial charge in [-0.15, -0.1) is 10.2 Å². The van der Waals surface area contributed by atoms with Crippen molar-refractivity contribution in [3.63, 3.8) is 0 Å². The number of nitrogens with one attached hydrogen (secondary N) is 1. The van der Waals surface area contributed by atoms with Crippen LogP contribution in [0.3, 0.4) is 0 Å². The van der Waals surface area contributed by atoms with Gasteiger partial charge >= 0.3 is 0 Å². The molecule has 0 saturated carbocycles. The van der Waals surface area contributed by atoms with Crippen LogP contribution in [0.5, 0.6) is 0 Å². The second-order valence-electron chi connectivity index (χ2n) is 5.67. The van der Waals surface area contributed by atoms with Crippen molar-refractivity contribution in [2.45, 2.75) is 45.6 Å². The van der Waals surface area contributed by atoms with Gasteiger partial charge in [0.05, 0.1) is 0 Å². The summed E-state index contributed by atoms with van der Waals surface area (Å²) >= 11 is 1.72. The first-order valence-corrected chi connectivity index (χ1v) is 7.72. The normalized spacial score (nSPS) is 22.1. The van der Waals surface area contributed by atoms with E-state index in [0.717, 1.165) is 16.6 Å². The minimum Gasteiger partial charge on any atom is -0.357 e. The molecule has 0 radical (unpaired) electrons. The molecule has 1 atom stereocenters. The number of hydrogen-bond acceptors (Lipinski definition) is 5. The van der Waals surface area contributed by atoms with E-state index in [9.17, 15) is 0 Å². The van der Waals surface area contributed by atoms with Crippen molar-refractivity contribution >= 4 is 16.5 Å². The van der Waals surface area contributed by atoms with E-state index in [1.807, 2.05) is 0 Å². The highest BCUT2D eigenvalue weighted by Gasteiger charge is 2.16. The molecule has 0 amide bonds. The minimum absolute atomic E-state index is 0.565. The van der Waals surface area contributed by atoms with E-state index in [-0.39, 0.29) is 0 Å². The smallest absolute Gasteiger partial charge is 0.205 e. The predicted molar refractivity (Wildman–Crippen MR) is 77.2 cm³/mol. The molecule has 5 heteroatoms. The molecule has 2 rings (SSSR count). The van der Waals surface area contributed by atoms with Crippen LogP contribution < -0.4 is 5.32 Å². The quantitative estimate of drug-likeness (QED) is 0.911. The Hall–Kier alpha value is -0.680. The summed E-state index contributed by atoms with van der Waals surface area (Å²) in [5, 5.41) is 14.2. The molecule has 1 aliphatic heterocycles. The molecule has 102 valence electrons. The molecule has 1 aromatic rings. The van der Waals surface area contributed by atoms with Crippen LogP contribution in [0.4, 0.5) is 5.13 Å². The number of rotatable bonds is 4. The number of nitrogens with zero attached hydrogens (tertiary/aromatic N) is 3. The SMILES string of the molecule is CC(C)Cc1nnc(NC2CCCN(C)CC2)s1. The third-order valence-electron chi connectivity index (χ3n) is 3.33. The van der Waals surface area contributed by atoms with Gasteiger partial charge in [-0.1, -0.05) is 25.2 Å². The van der Waals surface area contributed by atoms with Gasteiger partial charge in [0.1, 0.15) is 5.01 Å². The lowest BCUT2D eigenvalue weighted by Gasteiger charge is -2.15. The van der Waals surface area contributed by atoms with Crippen LogP contribution in [-0.4, -0.2) is 41.3 Å². The molecule has 1 aliphatic rings. The number of anilines is 1. The van der Waals surface area contributed by atoms with Crippen molar-refractivity contribution in [2.75, 3.05) is 25.5 Å². The van der Waals surface area contributed by atoms with Gasteiger partial charge in [-0.05, 0) is 45.3 Å². The van der Waals surface area contributed by atoms with Gasteiger partial charge in [0.2, 0.25) is 5.13 Å². The number of hydrogen-bond donors (Lipinski definition) is 1. The van der Waals surface area contributed by atoms with Crippen molar-refractivity contribution < 1.29 is 0 Å². The lowest BCUT2D eigenvalue weighted by Crippen LogP contribution is -2.22. The van der Waals surface area contributed by atoms with E-state index in [1.165, 1.54) is 32.4 Å². The summed E-state index contributed by atoms with van der Waals surface area (Å²) in [7, 11) is 2.20. The molecule has 0 aromatic carbocycles. The second-order valence-corrected chi connectivity index (χ2v) is 6.74. The molecular weight excluding hydrogens is 244 g/mol. The van der Waals surface area contributed by atoms with E-state index < -0.39 is 0 Å². The monoisotopic (exact) mass is 268 g/mol. The van der Waals surface area contributed by atoms with E-state index in [2.05, 4.69) is 41.3 Å². The molecule has 18 heavy (non-hydrogen) atoms. The van der Waals surface area contributed by atoms with E-state index in [0.29, 0.717) is 12.0 Å². The first kappa shape index (κ1) is 13.7. The Balaban J connectivity index is 1.86. The summed E-state index contributed by atoms with van der Waals surface area (Å²) in [6.07, 6.45) is 4.75. The molecule has 4 nitrogen and oxygen atoms in total. The predicted octanol–water partition coefficient (Wildman–Crippen LogP) is 2.63. The van der Waals surface area contributed by atoms with Crippen molar-refractivity contribution in [3.8, 4) is 0 Å². The fourth-order valence-corrected chi connectivity index (χ4v) is 3.33. The highest BCUT2D eigenvalue weighted by atomic mass is 32.1. The zero-order valence-electron chi connectivity index (χ0n) is 11.6. The first-order chi connectivity index (χ1) is 8.63. The van der Waals surface area contributed by atoms with Crippen molar-refractivity contribution in [2.24, 2.45) is 5.92 Å². The maximum absolute atomic E-state index is 4.26. The molecular formula is C13H24N4S. The fourth-order valence-electron chi connectivity index (χ4n) is 2.30. The van der Waals surface area contributed by atoms with E-state index in [1.54, 1.807) is 11.3 Å². The van der Waals surface area contributed by atoms with Crippen LogP contribution in [0.25, 0.3) is 0 Å². The van der Waals surface area contributed by atoms with Crippen LogP contribution in [0.1, 0.15) is 38.1 Å². The van der Waals surface area contributed by atoms with Crippen LogP contribution in [-0.2, 0) is 6.42 Å². The second kappa shape index (κ2) is 6.48. The fraction of sp³-hybridized carbons (Fsp3) is 0.846. The van der Waals surface area contributed by atoms with Gasteiger partial charge in [-0.25, -0.2) is 0 Å².